The average molecular weight is 580 g/mol. The molecule has 0 radical (unpaired) electrons. The third-order valence-electron chi connectivity index (χ3n) is 7.81. The Balaban J connectivity index is 1.03. The van der Waals surface area contributed by atoms with Crippen molar-refractivity contribution in [2.75, 3.05) is 51.0 Å². The van der Waals surface area contributed by atoms with E-state index in [0.29, 0.717) is 29.2 Å². The quantitative estimate of drug-likeness (QED) is 0.211. The number of piperazine rings is 1. The summed E-state index contributed by atoms with van der Waals surface area (Å²) in [5.74, 6) is 4.01. The van der Waals surface area contributed by atoms with E-state index in [4.69, 9.17) is 26.1 Å². The van der Waals surface area contributed by atoms with Crippen LogP contribution in [0, 0.1) is 5.92 Å². The van der Waals surface area contributed by atoms with Gasteiger partial charge in [-0.2, -0.15) is 0 Å². The van der Waals surface area contributed by atoms with Crippen LogP contribution >= 0.6 is 23.4 Å². The van der Waals surface area contributed by atoms with Gasteiger partial charge in [0.1, 0.15) is 11.0 Å². The fourth-order valence-electron chi connectivity index (χ4n) is 5.38. The molecule has 0 aliphatic carbocycles. The molecular weight excluding hydrogens is 546 g/mol. The molecule has 1 aromatic heterocycles. The van der Waals surface area contributed by atoms with Crippen molar-refractivity contribution in [3.05, 3.63) is 70.4 Å². The summed E-state index contributed by atoms with van der Waals surface area (Å²) in [6, 6.07) is 15.9. The summed E-state index contributed by atoms with van der Waals surface area (Å²) in [5.41, 5.74) is 2.97. The lowest BCUT2D eigenvalue weighted by atomic mass is 9.99. The summed E-state index contributed by atoms with van der Waals surface area (Å²) < 4.78 is 10.9. The molecule has 0 bridgehead atoms. The summed E-state index contributed by atoms with van der Waals surface area (Å²) in [7, 11) is 0. The number of ether oxygens (including phenoxy) is 2. The summed E-state index contributed by atoms with van der Waals surface area (Å²) in [5, 5.41) is 1.13. The monoisotopic (exact) mass is 579 g/mol. The highest BCUT2D eigenvalue weighted by molar-refractivity contribution is 7.98. The zero-order valence-corrected chi connectivity index (χ0v) is 24.3. The molecule has 1 amide bonds. The number of carbonyl (C=O) groups excluding carboxylic acids is 1. The Labute approximate surface area is 244 Å². The number of amides is 1. The van der Waals surface area contributed by atoms with Crippen LogP contribution in [0.5, 0.6) is 11.5 Å². The largest absolute Gasteiger partial charge is 0.454 e. The molecule has 2 aromatic carbocycles. The van der Waals surface area contributed by atoms with Gasteiger partial charge in [-0.15, -0.1) is 0 Å². The average Bonchev–Trinajstić information content (AvgIpc) is 3.44. The summed E-state index contributed by atoms with van der Waals surface area (Å²) in [4.78, 5) is 29.2. The van der Waals surface area contributed by atoms with E-state index in [1.54, 1.807) is 11.8 Å². The van der Waals surface area contributed by atoms with Crippen molar-refractivity contribution in [3.63, 3.8) is 0 Å². The highest BCUT2D eigenvalue weighted by Crippen LogP contribution is 2.33. The number of hydrogen-bond acceptors (Lipinski definition) is 8. The zero-order chi connectivity index (χ0) is 27.5. The van der Waals surface area contributed by atoms with Crippen molar-refractivity contribution >= 4 is 35.1 Å². The van der Waals surface area contributed by atoms with Gasteiger partial charge in [-0.3, -0.25) is 9.69 Å². The first-order valence-corrected chi connectivity index (χ1v) is 15.3. The van der Waals surface area contributed by atoms with Crippen LogP contribution in [0.1, 0.15) is 41.3 Å². The number of fused-ring (bicyclic) bond motifs is 1. The highest BCUT2D eigenvalue weighted by atomic mass is 35.5. The van der Waals surface area contributed by atoms with Gasteiger partial charge in [-0.25, -0.2) is 9.97 Å². The van der Waals surface area contributed by atoms with E-state index in [1.165, 1.54) is 18.4 Å². The second-order valence-corrected chi connectivity index (χ2v) is 12.1. The zero-order valence-electron chi connectivity index (χ0n) is 22.7. The number of benzene rings is 2. The Morgan fingerprint density at radius 3 is 2.58 bits per heavy atom. The lowest BCUT2D eigenvalue weighted by Gasteiger charge is -2.35. The van der Waals surface area contributed by atoms with Gasteiger partial charge in [0.05, 0.1) is 0 Å². The summed E-state index contributed by atoms with van der Waals surface area (Å²) in [6.45, 7) is 8.48. The molecule has 10 heteroatoms. The Kier molecular flexibility index (Phi) is 8.32. The van der Waals surface area contributed by atoms with Crippen LogP contribution in [0.4, 0.5) is 5.82 Å². The second-order valence-electron chi connectivity index (χ2n) is 10.7. The van der Waals surface area contributed by atoms with Crippen LogP contribution in [0.15, 0.2) is 53.7 Å². The molecule has 6 rings (SSSR count). The topological polar surface area (TPSA) is 71.0 Å². The maximum atomic E-state index is 13.3. The van der Waals surface area contributed by atoms with E-state index in [1.807, 2.05) is 47.4 Å². The van der Waals surface area contributed by atoms with Crippen molar-refractivity contribution < 1.29 is 14.3 Å². The smallest absolute Gasteiger partial charge is 0.253 e. The minimum Gasteiger partial charge on any atom is -0.454 e. The number of halogens is 1. The third kappa shape index (κ3) is 6.48. The van der Waals surface area contributed by atoms with Crippen molar-refractivity contribution in [3.8, 4) is 11.5 Å². The van der Waals surface area contributed by atoms with Gasteiger partial charge in [0.15, 0.2) is 16.7 Å². The molecule has 4 heterocycles. The van der Waals surface area contributed by atoms with E-state index >= 15 is 0 Å². The Morgan fingerprint density at radius 2 is 1.75 bits per heavy atom. The minimum atomic E-state index is 0.0789. The first-order valence-electron chi connectivity index (χ1n) is 13.9. The van der Waals surface area contributed by atoms with Gasteiger partial charge < -0.3 is 19.3 Å². The number of thioether (sulfide) groups is 1. The maximum Gasteiger partial charge on any atom is 0.253 e. The van der Waals surface area contributed by atoms with Gasteiger partial charge in [-0.05, 0) is 54.2 Å². The molecule has 0 unspecified atom stereocenters. The van der Waals surface area contributed by atoms with E-state index in [2.05, 4.69) is 27.8 Å². The molecule has 0 saturated carbocycles. The van der Waals surface area contributed by atoms with Gasteiger partial charge in [-0.1, -0.05) is 48.5 Å². The Bertz CT molecular complexity index is 1360. The normalized spacial score (nSPS) is 17.9. The molecular formula is C30H34ClN5O3S. The van der Waals surface area contributed by atoms with Crippen LogP contribution in [-0.4, -0.2) is 71.7 Å². The van der Waals surface area contributed by atoms with E-state index in [9.17, 15) is 4.79 Å². The maximum absolute atomic E-state index is 13.3. The summed E-state index contributed by atoms with van der Waals surface area (Å²) in [6.07, 6.45) is 2.33. The molecule has 8 nitrogen and oxygen atoms in total. The number of aromatic nitrogens is 2. The van der Waals surface area contributed by atoms with Gasteiger partial charge in [0, 0.05) is 63.2 Å². The van der Waals surface area contributed by atoms with Crippen LogP contribution in [0.3, 0.4) is 0 Å². The highest BCUT2D eigenvalue weighted by Gasteiger charge is 2.23. The van der Waals surface area contributed by atoms with Crippen LogP contribution in [-0.2, 0) is 12.3 Å². The van der Waals surface area contributed by atoms with Crippen LogP contribution in [0.25, 0.3) is 0 Å². The standard InChI is InChI=1S/C30H34ClN5O3S/c1-21-7-9-35(10-8-21)28-17-27(31)32-30(33-28)40-19-23-3-2-4-24(15-23)29(37)36-13-11-34(12-14-36)18-22-5-6-25-26(16-22)39-20-38-25/h2-6,15-17,21H,7-14,18-20H2,1H3. The van der Waals surface area contributed by atoms with Gasteiger partial charge >= 0.3 is 0 Å². The lowest BCUT2D eigenvalue weighted by molar-refractivity contribution is 0.0628. The van der Waals surface area contributed by atoms with Crippen molar-refractivity contribution in [2.24, 2.45) is 5.92 Å². The van der Waals surface area contributed by atoms with Crippen molar-refractivity contribution in [2.45, 2.75) is 37.2 Å². The second kappa shape index (κ2) is 12.2. The first kappa shape index (κ1) is 27.2. The predicted molar refractivity (Wildman–Crippen MR) is 157 cm³/mol. The Hall–Kier alpha value is -3.01. The molecule has 3 aromatic rings. The molecule has 3 aliphatic heterocycles. The number of hydrogen-bond donors (Lipinski definition) is 0. The number of anilines is 1. The van der Waals surface area contributed by atoms with Gasteiger partial charge in [0.25, 0.3) is 5.91 Å². The first-order chi connectivity index (χ1) is 19.5. The van der Waals surface area contributed by atoms with Crippen molar-refractivity contribution in [1.29, 1.82) is 0 Å². The molecule has 210 valence electrons. The number of nitrogens with zero attached hydrogens (tertiary/aromatic N) is 5. The SMILES string of the molecule is CC1CCN(c2cc(Cl)nc(SCc3cccc(C(=O)N4CCN(Cc5ccc6c(c5)OCO6)CC4)c3)n2)CC1. The van der Waals surface area contributed by atoms with Gasteiger partial charge in [0.2, 0.25) is 6.79 Å². The number of piperidine rings is 1. The summed E-state index contributed by atoms with van der Waals surface area (Å²) >= 11 is 7.90. The fraction of sp³-hybridized carbons (Fsp3) is 0.433. The molecule has 40 heavy (non-hydrogen) atoms. The predicted octanol–water partition coefficient (Wildman–Crippen LogP) is 5.35. The van der Waals surface area contributed by atoms with E-state index < -0.39 is 0 Å². The Morgan fingerprint density at radius 1 is 0.950 bits per heavy atom. The van der Waals surface area contributed by atoms with E-state index in [-0.39, 0.29) is 12.7 Å². The van der Waals surface area contributed by atoms with Crippen LogP contribution in [0.2, 0.25) is 5.15 Å². The van der Waals surface area contributed by atoms with Crippen LogP contribution < -0.4 is 14.4 Å². The third-order valence-corrected chi connectivity index (χ3v) is 8.93. The molecule has 0 spiro atoms. The fourth-order valence-corrected chi connectivity index (χ4v) is 6.40. The van der Waals surface area contributed by atoms with E-state index in [0.717, 1.165) is 67.1 Å². The lowest BCUT2D eigenvalue weighted by Crippen LogP contribution is -2.48. The molecule has 2 fully saturated rings. The molecule has 0 N–H and O–H groups in total. The minimum absolute atomic E-state index is 0.0789. The molecule has 2 saturated heterocycles. The molecule has 3 aliphatic rings. The van der Waals surface area contributed by atoms with Crippen molar-refractivity contribution in [1.82, 2.24) is 19.8 Å². The number of rotatable bonds is 7. The molecule has 0 atom stereocenters. The number of carbonyl (C=O) groups is 1.